The van der Waals surface area contributed by atoms with Crippen LogP contribution in [0.5, 0.6) is 5.75 Å². The summed E-state index contributed by atoms with van der Waals surface area (Å²) in [6.45, 7) is 5.66. The number of carbonyl (C=O) groups excluding carboxylic acids is 1. The molecular formula is C18H23N3O4. The second kappa shape index (κ2) is 7.67. The fraction of sp³-hybridized carbons (Fsp3) is 0.444. The molecule has 134 valence electrons. The summed E-state index contributed by atoms with van der Waals surface area (Å²) < 4.78 is 11.0. The van der Waals surface area contributed by atoms with Gasteiger partial charge in [-0.05, 0) is 26.0 Å². The number of para-hydroxylation sites is 1. The summed E-state index contributed by atoms with van der Waals surface area (Å²) in [4.78, 5) is 12.5. The summed E-state index contributed by atoms with van der Waals surface area (Å²) in [5.74, 6) is 1.03. The van der Waals surface area contributed by atoms with Crippen LogP contribution in [-0.2, 0) is 6.61 Å². The van der Waals surface area contributed by atoms with Crippen LogP contribution in [-0.4, -0.2) is 41.9 Å². The van der Waals surface area contributed by atoms with Gasteiger partial charge in [0.15, 0.2) is 0 Å². The van der Waals surface area contributed by atoms with Crippen molar-refractivity contribution in [1.82, 2.24) is 15.8 Å². The minimum atomic E-state index is -0.425. The van der Waals surface area contributed by atoms with E-state index in [0.717, 1.165) is 11.3 Å². The number of β-amino-alcohol motifs (C(OH)–C–C–N with tert-alkyl or cyclic N) is 1. The number of nitrogens with one attached hydrogen (secondary N) is 2. The third-order valence-corrected chi connectivity index (χ3v) is 4.51. The molecule has 2 unspecified atom stereocenters. The van der Waals surface area contributed by atoms with Gasteiger partial charge in [-0.2, -0.15) is 0 Å². The van der Waals surface area contributed by atoms with Gasteiger partial charge in [-0.15, -0.1) is 0 Å². The van der Waals surface area contributed by atoms with E-state index < -0.39 is 6.10 Å². The Morgan fingerprint density at radius 2 is 2.20 bits per heavy atom. The zero-order valence-corrected chi connectivity index (χ0v) is 14.4. The highest BCUT2D eigenvalue weighted by Crippen LogP contribution is 2.21. The maximum atomic E-state index is 12.5. The van der Waals surface area contributed by atoms with Crippen molar-refractivity contribution >= 4 is 5.91 Å². The minimum Gasteiger partial charge on any atom is -0.488 e. The summed E-state index contributed by atoms with van der Waals surface area (Å²) in [6, 6.07) is 7.11. The quantitative estimate of drug-likeness (QED) is 0.727. The standard InChI is InChI=1S/C18H23N3O4/c1-11-15(12(2)25-21-11)10-24-17-6-4-3-5-14(17)18(23)20-8-13-7-19-9-16(13)22/h3-6,13,16,19,22H,7-10H2,1-2H3,(H,20,23). The van der Waals surface area contributed by atoms with Crippen molar-refractivity contribution < 1.29 is 19.2 Å². The Morgan fingerprint density at radius 1 is 1.40 bits per heavy atom. The van der Waals surface area contributed by atoms with E-state index in [9.17, 15) is 9.90 Å². The van der Waals surface area contributed by atoms with Gasteiger partial charge in [0, 0.05) is 25.6 Å². The molecule has 1 aromatic heterocycles. The molecule has 0 radical (unpaired) electrons. The van der Waals surface area contributed by atoms with Crippen LogP contribution >= 0.6 is 0 Å². The fourth-order valence-electron chi connectivity index (χ4n) is 2.88. The summed E-state index contributed by atoms with van der Waals surface area (Å²) in [5.41, 5.74) is 2.13. The maximum Gasteiger partial charge on any atom is 0.255 e. The van der Waals surface area contributed by atoms with Crippen LogP contribution in [0.4, 0.5) is 0 Å². The monoisotopic (exact) mass is 345 g/mol. The highest BCUT2D eigenvalue weighted by atomic mass is 16.5. The van der Waals surface area contributed by atoms with Crippen LogP contribution in [0.1, 0.15) is 27.4 Å². The third kappa shape index (κ3) is 4.00. The molecule has 1 saturated heterocycles. The third-order valence-electron chi connectivity index (χ3n) is 4.51. The number of hydrogen-bond donors (Lipinski definition) is 3. The fourth-order valence-corrected chi connectivity index (χ4v) is 2.88. The molecule has 1 fully saturated rings. The highest BCUT2D eigenvalue weighted by molar-refractivity contribution is 5.96. The Balaban J connectivity index is 1.64. The number of carbonyl (C=O) groups is 1. The predicted octanol–water partition coefficient (Wildman–Crippen LogP) is 1.18. The van der Waals surface area contributed by atoms with E-state index in [-0.39, 0.29) is 18.4 Å². The minimum absolute atomic E-state index is 0.0272. The van der Waals surface area contributed by atoms with Gasteiger partial charge in [-0.25, -0.2) is 0 Å². The van der Waals surface area contributed by atoms with Gasteiger partial charge in [0.1, 0.15) is 18.1 Å². The molecule has 3 rings (SSSR count). The molecule has 1 aliphatic rings. The van der Waals surface area contributed by atoms with Gasteiger partial charge >= 0.3 is 0 Å². The largest absolute Gasteiger partial charge is 0.488 e. The summed E-state index contributed by atoms with van der Waals surface area (Å²) in [6.07, 6.45) is -0.425. The van der Waals surface area contributed by atoms with Gasteiger partial charge in [0.2, 0.25) is 0 Å². The molecule has 0 saturated carbocycles. The van der Waals surface area contributed by atoms with Crippen molar-refractivity contribution in [2.45, 2.75) is 26.6 Å². The van der Waals surface area contributed by atoms with Crippen molar-refractivity contribution in [3.8, 4) is 5.75 Å². The van der Waals surface area contributed by atoms with Crippen LogP contribution < -0.4 is 15.4 Å². The average Bonchev–Trinajstić information content (AvgIpc) is 3.16. The first-order valence-corrected chi connectivity index (χ1v) is 8.37. The smallest absolute Gasteiger partial charge is 0.255 e. The van der Waals surface area contributed by atoms with Gasteiger partial charge < -0.3 is 25.0 Å². The van der Waals surface area contributed by atoms with Gasteiger partial charge in [-0.1, -0.05) is 17.3 Å². The van der Waals surface area contributed by atoms with Crippen molar-refractivity contribution in [2.75, 3.05) is 19.6 Å². The van der Waals surface area contributed by atoms with Gasteiger partial charge in [-0.3, -0.25) is 4.79 Å². The van der Waals surface area contributed by atoms with Crippen LogP contribution in [0.2, 0.25) is 0 Å². The Hall–Kier alpha value is -2.38. The lowest BCUT2D eigenvalue weighted by molar-refractivity contribution is 0.0922. The number of benzene rings is 1. The maximum absolute atomic E-state index is 12.5. The van der Waals surface area contributed by atoms with E-state index in [1.54, 1.807) is 18.2 Å². The van der Waals surface area contributed by atoms with E-state index in [2.05, 4.69) is 15.8 Å². The van der Waals surface area contributed by atoms with E-state index in [0.29, 0.717) is 36.7 Å². The number of hydrogen-bond acceptors (Lipinski definition) is 6. The van der Waals surface area contributed by atoms with Crippen LogP contribution in [0, 0.1) is 19.8 Å². The normalized spacial score (nSPS) is 19.8. The molecule has 3 N–H and O–H groups in total. The van der Waals surface area contributed by atoms with E-state index in [1.807, 2.05) is 19.9 Å². The molecule has 25 heavy (non-hydrogen) atoms. The molecule has 1 aromatic carbocycles. The zero-order valence-electron chi connectivity index (χ0n) is 14.4. The second-order valence-corrected chi connectivity index (χ2v) is 6.28. The lowest BCUT2D eigenvalue weighted by atomic mass is 10.1. The van der Waals surface area contributed by atoms with Gasteiger partial charge in [0.25, 0.3) is 5.91 Å². The van der Waals surface area contributed by atoms with Crippen molar-refractivity contribution in [2.24, 2.45) is 5.92 Å². The first kappa shape index (κ1) is 17.4. The van der Waals surface area contributed by atoms with Crippen molar-refractivity contribution in [1.29, 1.82) is 0 Å². The molecular weight excluding hydrogens is 322 g/mol. The van der Waals surface area contributed by atoms with Crippen molar-refractivity contribution in [3.05, 3.63) is 46.8 Å². The molecule has 1 aliphatic heterocycles. The van der Waals surface area contributed by atoms with Gasteiger partial charge in [0.05, 0.1) is 22.9 Å². The van der Waals surface area contributed by atoms with Crippen LogP contribution in [0.25, 0.3) is 0 Å². The van der Waals surface area contributed by atoms with E-state index in [4.69, 9.17) is 9.26 Å². The number of amides is 1. The molecule has 1 amide bonds. The van der Waals surface area contributed by atoms with Crippen molar-refractivity contribution in [3.63, 3.8) is 0 Å². The summed E-state index contributed by atoms with van der Waals surface area (Å²) >= 11 is 0. The predicted molar refractivity (Wildman–Crippen MR) is 91.5 cm³/mol. The number of rotatable bonds is 6. The second-order valence-electron chi connectivity index (χ2n) is 6.28. The Kier molecular flexibility index (Phi) is 5.35. The Morgan fingerprint density at radius 3 is 2.88 bits per heavy atom. The lowest BCUT2D eigenvalue weighted by Crippen LogP contribution is -2.34. The van der Waals surface area contributed by atoms with E-state index in [1.165, 1.54) is 0 Å². The number of ether oxygens (including phenoxy) is 1. The SMILES string of the molecule is Cc1noc(C)c1COc1ccccc1C(=O)NCC1CNCC1O. The Bertz CT molecular complexity index is 724. The number of aromatic nitrogens is 1. The number of aliphatic hydroxyl groups excluding tert-OH is 1. The first-order valence-electron chi connectivity index (χ1n) is 8.37. The van der Waals surface area contributed by atoms with E-state index >= 15 is 0 Å². The first-order chi connectivity index (χ1) is 12.1. The molecule has 0 spiro atoms. The Labute approximate surface area is 146 Å². The number of aliphatic hydroxyl groups is 1. The topological polar surface area (TPSA) is 96.6 Å². The molecule has 2 aromatic rings. The molecule has 0 bridgehead atoms. The number of aryl methyl sites for hydroxylation is 2. The summed E-state index contributed by atoms with van der Waals surface area (Å²) in [5, 5.41) is 19.7. The molecule has 7 heteroatoms. The highest BCUT2D eigenvalue weighted by Gasteiger charge is 2.25. The summed E-state index contributed by atoms with van der Waals surface area (Å²) in [7, 11) is 0. The molecule has 0 aliphatic carbocycles. The number of nitrogens with zero attached hydrogens (tertiary/aromatic N) is 1. The molecule has 2 atom stereocenters. The average molecular weight is 345 g/mol. The molecule has 2 heterocycles. The zero-order chi connectivity index (χ0) is 17.8. The van der Waals surface area contributed by atoms with Crippen LogP contribution in [0.3, 0.4) is 0 Å². The van der Waals surface area contributed by atoms with Crippen LogP contribution in [0.15, 0.2) is 28.8 Å². The molecule has 7 nitrogen and oxygen atoms in total. The lowest BCUT2D eigenvalue weighted by Gasteiger charge is -2.15.